The van der Waals surface area contributed by atoms with Crippen LogP contribution in [0.2, 0.25) is 0 Å². The average Bonchev–Trinajstić information content (AvgIpc) is 3.15. The van der Waals surface area contributed by atoms with E-state index in [2.05, 4.69) is 30.6 Å². The number of benzene rings is 1. The predicted octanol–water partition coefficient (Wildman–Crippen LogP) is 3.17. The number of hydrogen-bond acceptors (Lipinski definition) is 6. The largest absolute Gasteiger partial charge is 0.468 e. The van der Waals surface area contributed by atoms with Crippen LogP contribution in [0.5, 0.6) is 0 Å². The molecule has 7 nitrogen and oxygen atoms in total. The van der Waals surface area contributed by atoms with Gasteiger partial charge in [0.15, 0.2) is 9.84 Å². The van der Waals surface area contributed by atoms with Crippen molar-refractivity contribution in [1.82, 2.24) is 4.98 Å². The van der Waals surface area contributed by atoms with Crippen LogP contribution >= 0.6 is 15.9 Å². The number of halogens is 4. The summed E-state index contributed by atoms with van der Waals surface area (Å²) in [5.41, 5.74) is 4.54. The van der Waals surface area contributed by atoms with Crippen LogP contribution in [0.4, 0.5) is 13.2 Å². The van der Waals surface area contributed by atoms with Gasteiger partial charge in [-0.15, -0.1) is 0 Å². The number of esters is 1. The Kier molecular flexibility index (Phi) is 7.14. The van der Waals surface area contributed by atoms with Gasteiger partial charge in [-0.2, -0.15) is 13.2 Å². The number of nitrogens with one attached hydrogen (secondary N) is 1. The van der Waals surface area contributed by atoms with Gasteiger partial charge in [0, 0.05) is 11.9 Å². The number of aromatic nitrogens is 1. The third-order valence-electron chi connectivity index (χ3n) is 3.86. The quantitative estimate of drug-likeness (QED) is 0.460. The van der Waals surface area contributed by atoms with Crippen LogP contribution in [-0.2, 0) is 19.4 Å². The van der Waals surface area contributed by atoms with Crippen molar-refractivity contribution in [2.75, 3.05) is 19.9 Å². The highest BCUT2D eigenvalue weighted by molar-refractivity contribution is 9.12. The Bertz CT molecular complexity index is 1120. The Hall–Kier alpha value is -2.60. The lowest BCUT2D eigenvalue weighted by Crippen LogP contribution is -2.23. The first kappa shape index (κ1) is 23.7. The van der Waals surface area contributed by atoms with E-state index in [9.17, 15) is 26.4 Å². The summed E-state index contributed by atoms with van der Waals surface area (Å²) in [7, 11) is -2.33. The minimum atomic E-state index is -4.83. The smallest absolute Gasteiger partial charge is 0.431 e. The summed E-state index contributed by atoms with van der Waals surface area (Å²) < 4.78 is 66.5. The van der Waals surface area contributed by atoms with E-state index in [1.165, 1.54) is 30.3 Å². The number of H-pyrrole nitrogens is 1. The number of ether oxygens (including phenoxy) is 1. The highest BCUT2D eigenvalue weighted by atomic mass is 79.9. The molecule has 1 aromatic carbocycles. The van der Waals surface area contributed by atoms with E-state index in [0.717, 1.165) is 13.4 Å². The van der Waals surface area contributed by atoms with E-state index in [-0.39, 0.29) is 16.3 Å². The molecule has 0 aliphatic heterocycles. The molecule has 0 atom stereocenters. The highest BCUT2D eigenvalue weighted by Crippen LogP contribution is 2.30. The number of nitrogens with two attached hydrogens (primary N) is 1. The van der Waals surface area contributed by atoms with Crippen LogP contribution in [0.15, 0.2) is 56.5 Å². The molecule has 0 amide bonds. The number of carbonyl (C=O) groups excluding carboxylic acids is 1. The molecular formula is C18H17BrF3N3O4S. The Morgan fingerprint density at radius 1 is 1.27 bits per heavy atom. The van der Waals surface area contributed by atoms with E-state index >= 15 is 0 Å². The number of nitrogens with zero attached hydrogens (tertiary/aromatic N) is 1. The normalized spacial score (nSPS) is 13.7. The number of carbonyl (C=O) groups is 1. The molecule has 1 heterocycles. The molecule has 0 radical (unpaired) electrons. The minimum Gasteiger partial charge on any atom is -0.468 e. The summed E-state index contributed by atoms with van der Waals surface area (Å²) >= 11 is 2.81. The molecule has 2 rings (SSSR count). The van der Waals surface area contributed by atoms with E-state index in [1.54, 1.807) is 6.07 Å². The number of sulfone groups is 1. The Balaban J connectivity index is 2.55. The highest BCUT2D eigenvalue weighted by Gasteiger charge is 2.35. The standard InChI is InChI=1S/C18H17BrF3N3O4S/c1-29-14(26)9-24-16(15(19)17(23)18(20,21)22)13-7-6-12(25-13)10-4-3-5-11(8-10)30(2,27)28/h3-8,25H,9,23H2,1-2H3. The molecule has 12 heteroatoms. The van der Waals surface area contributed by atoms with E-state index < -0.39 is 38.7 Å². The predicted molar refractivity (Wildman–Crippen MR) is 109 cm³/mol. The number of aromatic amines is 1. The van der Waals surface area contributed by atoms with Gasteiger partial charge in [0.1, 0.15) is 12.2 Å². The van der Waals surface area contributed by atoms with Gasteiger partial charge in [-0.3, -0.25) is 9.79 Å². The maximum Gasteiger partial charge on any atom is 0.431 e. The van der Waals surface area contributed by atoms with Crippen LogP contribution < -0.4 is 5.73 Å². The van der Waals surface area contributed by atoms with Crippen molar-refractivity contribution in [2.24, 2.45) is 10.7 Å². The Morgan fingerprint density at radius 2 is 1.93 bits per heavy atom. The zero-order valence-corrected chi connectivity index (χ0v) is 18.2. The maximum atomic E-state index is 13.0. The maximum absolute atomic E-state index is 13.0. The van der Waals surface area contributed by atoms with Gasteiger partial charge in [0.25, 0.3) is 0 Å². The third kappa shape index (κ3) is 5.72. The Labute approximate surface area is 178 Å². The van der Waals surface area contributed by atoms with Gasteiger partial charge >= 0.3 is 12.1 Å². The first-order chi connectivity index (χ1) is 13.8. The lowest BCUT2D eigenvalue weighted by molar-refractivity contribution is -0.138. The van der Waals surface area contributed by atoms with Crippen molar-refractivity contribution in [3.63, 3.8) is 0 Å². The average molecular weight is 508 g/mol. The molecule has 162 valence electrons. The fourth-order valence-corrected chi connectivity index (χ4v) is 3.56. The lowest BCUT2D eigenvalue weighted by Gasteiger charge is -2.11. The summed E-state index contributed by atoms with van der Waals surface area (Å²) in [5.74, 6) is -0.758. The number of allylic oxidation sites excluding steroid dienone is 2. The van der Waals surface area contributed by atoms with Crippen molar-refractivity contribution < 1.29 is 31.1 Å². The molecular weight excluding hydrogens is 491 g/mol. The first-order valence-electron chi connectivity index (χ1n) is 8.18. The monoisotopic (exact) mass is 507 g/mol. The minimum absolute atomic E-state index is 0.0816. The second-order valence-corrected chi connectivity index (χ2v) is 8.86. The second kappa shape index (κ2) is 9.04. The number of rotatable bonds is 6. The molecule has 0 unspecified atom stereocenters. The summed E-state index contributed by atoms with van der Waals surface area (Å²) in [6.07, 6.45) is -3.77. The van der Waals surface area contributed by atoms with Gasteiger partial charge < -0.3 is 15.5 Å². The summed E-state index contributed by atoms with van der Waals surface area (Å²) in [4.78, 5) is 18.3. The summed E-state index contributed by atoms with van der Waals surface area (Å²) in [6.45, 7) is -0.538. The third-order valence-corrected chi connectivity index (χ3v) is 5.77. The van der Waals surface area contributed by atoms with Crippen LogP contribution in [-0.4, -0.2) is 51.2 Å². The van der Waals surface area contributed by atoms with Gasteiger partial charge in [-0.1, -0.05) is 12.1 Å². The van der Waals surface area contributed by atoms with Gasteiger partial charge in [-0.25, -0.2) is 8.42 Å². The SMILES string of the molecule is COC(=O)CN=C(C(Br)=C(N)C(F)(F)F)c1ccc(-c2cccc(S(C)(=O)=O)c2)[nH]1. The molecule has 0 saturated heterocycles. The molecule has 0 saturated carbocycles. The van der Waals surface area contributed by atoms with Gasteiger partial charge in [0.05, 0.1) is 27.9 Å². The summed E-state index contributed by atoms with van der Waals surface area (Å²) in [5, 5.41) is 0. The molecule has 0 aliphatic rings. The number of methoxy groups -OCH3 is 1. The molecule has 1 aromatic heterocycles. The van der Waals surface area contributed by atoms with Gasteiger partial charge in [-0.05, 0) is 45.8 Å². The van der Waals surface area contributed by atoms with E-state index in [4.69, 9.17) is 5.73 Å². The molecule has 2 aromatic rings. The lowest BCUT2D eigenvalue weighted by atomic mass is 10.2. The van der Waals surface area contributed by atoms with E-state index in [1.807, 2.05) is 0 Å². The number of alkyl halides is 3. The van der Waals surface area contributed by atoms with Crippen LogP contribution in [0.25, 0.3) is 11.3 Å². The molecule has 0 spiro atoms. The van der Waals surface area contributed by atoms with Crippen LogP contribution in [0, 0.1) is 0 Å². The fraction of sp³-hybridized carbons (Fsp3) is 0.222. The molecule has 30 heavy (non-hydrogen) atoms. The van der Waals surface area contributed by atoms with Crippen molar-refractivity contribution in [1.29, 1.82) is 0 Å². The zero-order valence-electron chi connectivity index (χ0n) is 15.7. The van der Waals surface area contributed by atoms with Crippen LogP contribution in [0.3, 0.4) is 0 Å². The first-order valence-corrected chi connectivity index (χ1v) is 10.9. The molecule has 0 fully saturated rings. The molecule has 3 N–H and O–H groups in total. The summed E-state index contributed by atoms with van der Waals surface area (Å²) in [6, 6.07) is 8.98. The Morgan fingerprint density at radius 3 is 2.50 bits per heavy atom. The second-order valence-electron chi connectivity index (χ2n) is 6.05. The topological polar surface area (TPSA) is 115 Å². The van der Waals surface area contributed by atoms with Gasteiger partial charge in [0.2, 0.25) is 0 Å². The van der Waals surface area contributed by atoms with E-state index in [0.29, 0.717) is 11.3 Å². The van der Waals surface area contributed by atoms with Crippen molar-refractivity contribution in [2.45, 2.75) is 11.1 Å². The van der Waals surface area contributed by atoms with Crippen molar-refractivity contribution >= 4 is 37.4 Å². The van der Waals surface area contributed by atoms with Crippen molar-refractivity contribution in [3.8, 4) is 11.3 Å². The van der Waals surface area contributed by atoms with Crippen LogP contribution in [0.1, 0.15) is 5.69 Å². The number of aliphatic imine (C=N–C) groups is 1. The van der Waals surface area contributed by atoms with Crippen molar-refractivity contribution in [3.05, 3.63) is 52.3 Å². The molecule has 0 aliphatic carbocycles. The fourth-order valence-electron chi connectivity index (χ4n) is 2.33. The molecule has 0 bridgehead atoms. The number of hydrogen-bond donors (Lipinski definition) is 2. The zero-order chi connectivity index (χ0) is 22.7.